The molecule has 4 fully saturated rings. The van der Waals surface area contributed by atoms with E-state index in [9.17, 15) is 13.2 Å². The van der Waals surface area contributed by atoms with E-state index in [1.54, 1.807) is 6.07 Å². The first kappa shape index (κ1) is 22.2. The van der Waals surface area contributed by atoms with E-state index in [-0.39, 0.29) is 11.0 Å². The third kappa shape index (κ3) is 3.54. The Morgan fingerprint density at radius 1 is 0.938 bits per heavy atom. The number of benzene rings is 1. The molecule has 5 rings (SSSR count). The largest absolute Gasteiger partial charge is 0.417 e. The van der Waals surface area contributed by atoms with Crippen LogP contribution in [0.15, 0.2) is 34.5 Å². The Morgan fingerprint density at radius 2 is 1.75 bits per heavy atom. The maximum atomic E-state index is 13.3. The third-order valence-corrected chi connectivity index (χ3v) is 9.97. The standard InChI is InChI=1S/C27H35F3N2/c1-25-15-6-5-8-19(25)10-11-20-22-12-13-24(26(22,2)16-14-23(20)25)32-31-17-18-7-3-4-9-21(18)27(28,29)30/h3-4,7,9,17,19-20,22-23H,5-6,8,10-16H2,1-2H3/b31-17-,32-24-. The highest BCUT2D eigenvalue weighted by Crippen LogP contribution is 2.65. The molecule has 1 aromatic carbocycles. The molecule has 5 heteroatoms. The molecule has 0 N–H and O–H groups in total. The minimum absolute atomic E-state index is 0.0555. The summed E-state index contributed by atoms with van der Waals surface area (Å²) in [7, 11) is 0. The average Bonchev–Trinajstić information content (AvgIpc) is 3.09. The maximum absolute atomic E-state index is 13.3. The van der Waals surface area contributed by atoms with Crippen molar-refractivity contribution in [2.75, 3.05) is 0 Å². The molecule has 4 saturated carbocycles. The van der Waals surface area contributed by atoms with Crippen molar-refractivity contribution in [1.82, 2.24) is 0 Å². The first-order valence-electron chi connectivity index (χ1n) is 12.5. The smallest absolute Gasteiger partial charge is 0.166 e. The molecule has 0 spiro atoms. The van der Waals surface area contributed by atoms with Crippen LogP contribution in [0.4, 0.5) is 13.2 Å². The quantitative estimate of drug-likeness (QED) is 0.327. The molecule has 6 atom stereocenters. The minimum atomic E-state index is -4.38. The molecule has 32 heavy (non-hydrogen) atoms. The zero-order valence-electron chi connectivity index (χ0n) is 19.3. The van der Waals surface area contributed by atoms with Crippen LogP contribution < -0.4 is 0 Å². The molecule has 4 aliphatic carbocycles. The van der Waals surface area contributed by atoms with Gasteiger partial charge in [-0.15, -0.1) is 0 Å². The summed E-state index contributed by atoms with van der Waals surface area (Å²) in [4.78, 5) is 0. The van der Waals surface area contributed by atoms with Crippen LogP contribution in [0.2, 0.25) is 0 Å². The van der Waals surface area contributed by atoms with Crippen molar-refractivity contribution in [2.24, 2.45) is 44.7 Å². The van der Waals surface area contributed by atoms with Gasteiger partial charge < -0.3 is 0 Å². The number of alkyl halides is 3. The fourth-order valence-corrected chi connectivity index (χ4v) is 8.28. The first-order valence-corrected chi connectivity index (χ1v) is 12.5. The molecule has 0 amide bonds. The lowest BCUT2D eigenvalue weighted by Crippen LogP contribution is -2.52. The zero-order valence-corrected chi connectivity index (χ0v) is 19.3. The van der Waals surface area contributed by atoms with E-state index in [0.29, 0.717) is 11.3 Å². The Labute approximate surface area is 189 Å². The van der Waals surface area contributed by atoms with Gasteiger partial charge in [-0.2, -0.15) is 23.4 Å². The summed E-state index contributed by atoms with van der Waals surface area (Å²) < 4.78 is 39.8. The molecular formula is C27H35F3N2. The van der Waals surface area contributed by atoms with Gasteiger partial charge in [0.05, 0.1) is 11.8 Å². The first-order chi connectivity index (χ1) is 15.2. The Morgan fingerprint density at radius 3 is 2.56 bits per heavy atom. The van der Waals surface area contributed by atoms with E-state index in [1.165, 1.54) is 63.3 Å². The third-order valence-electron chi connectivity index (χ3n) is 9.97. The van der Waals surface area contributed by atoms with Gasteiger partial charge in [0.1, 0.15) is 0 Å². The van der Waals surface area contributed by atoms with Crippen LogP contribution in [0, 0.1) is 34.5 Å². The van der Waals surface area contributed by atoms with Gasteiger partial charge >= 0.3 is 6.18 Å². The number of nitrogens with zero attached hydrogens (tertiary/aromatic N) is 2. The van der Waals surface area contributed by atoms with Gasteiger partial charge in [0.2, 0.25) is 0 Å². The number of rotatable bonds is 2. The van der Waals surface area contributed by atoms with Crippen molar-refractivity contribution in [3.05, 3.63) is 35.4 Å². The predicted octanol–water partition coefficient (Wildman–Crippen LogP) is 7.91. The van der Waals surface area contributed by atoms with Gasteiger partial charge in [-0.3, -0.25) is 0 Å². The highest BCUT2D eigenvalue weighted by molar-refractivity contribution is 5.93. The molecule has 1 aromatic rings. The highest BCUT2D eigenvalue weighted by Gasteiger charge is 2.59. The molecule has 4 aliphatic rings. The Hall–Kier alpha value is -1.65. The summed E-state index contributed by atoms with van der Waals surface area (Å²) in [6.45, 7) is 4.94. The second-order valence-corrected chi connectivity index (χ2v) is 11.3. The lowest BCUT2D eigenvalue weighted by molar-refractivity contribution is -0.137. The monoisotopic (exact) mass is 444 g/mol. The lowest BCUT2D eigenvalue weighted by Gasteiger charge is -2.59. The molecule has 0 radical (unpaired) electrons. The molecular weight excluding hydrogens is 409 g/mol. The van der Waals surface area contributed by atoms with Crippen LogP contribution in [0.5, 0.6) is 0 Å². The normalized spacial score (nSPS) is 40.8. The van der Waals surface area contributed by atoms with Crippen LogP contribution in [0.25, 0.3) is 0 Å². The molecule has 0 aromatic heterocycles. The maximum Gasteiger partial charge on any atom is 0.417 e. The van der Waals surface area contributed by atoms with E-state index in [2.05, 4.69) is 24.1 Å². The van der Waals surface area contributed by atoms with Crippen molar-refractivity contribution < 1.29 is 13.2 Å². The summed E-state index contributed by atoms with van der Waals surface area (Å²) in [5, 5.41) is 8.73. The van der Waals surface area contributed by atoms with Gasteiger partial charge in [-0.05, 0) is 86.5 Å². The van der Waals surface area contributed by atoms with Crippen LogP contribution in [-0.2, 0) is 6.18 Å². The topological polar surface area (TPSA) is 24.7 Å². The lowest BCUT2D eigenvalue weighted by atomic mass is 9.45. The number of hydrogen-bond donors (Lipinski definition) is 0. The Bertz CT molecular complexity index is 920. The minimum Gasteiger partial charge on any atom is -0.166 e. The summed E-state index contributed by atoms with van der Waals surface area (Å²) >= 11 is 0. The highest BCUT2D eigenvalue weighted by atomic mass is 19.4. The second-order valence-electron chi connectivity index (χ2n) is 11.3. The fraction of sp³-hybridized carbons (Fsp3) is 0.704. The van der Waals surface area contributed by atoms with E-state index in [4.69, 9.17) is 0 Å². The van der Waals surface area contributed by atoms with Gasteiger partial charge in [0, 0.05) is 16.7 Å². The van der Waals surface area contributed by atoms with Crippen LogP contribution in [0.1, 0.15) is 89.2 Å². The molecule has 6 unspecified atom stereocenters. The fourth-order valence-electron chi connectivity index (χ4n) is 8.28. The molecule has 0 bridgehead atoms. The number of hydrogen-bond acceptors (Lipinski definition) is 2. The molecule has 0 aliphatic heterocycles. The van der Waals surface area contributed by atoms with Crippen molar-refractivity contribution in [1.29, 1.82) is 0 Å². The van der Waals surface area contributed by atoms with Gasteiger partial charge in [0.25, 0.3) is 0 Å². The predicted molar refractivity (Wildman–Crippen MR) is 123 cm³/mol. The van der Waals surface area contributed by atoms with Crippen LogP contribution >= 0.6 is 0 Å². The summed E-state index contributed by atoms with van der Waals surface area (Å²) in [5.41, 5.74) is 1.10. The molecule has 2 nitrogen and oxygen atoms in total. The van der Waals surface area contributed by atoms with E-state index < -0.39 is 11.7 Å². The molecule has 0 saturated heterocycles. The summed E-state index contributed by atoms with van der Waals surface area (Å²) in [5.74, 6) is 3.17. The van der Waals surface area contributed by atoms with E-state index in [0.717, 1.165) is 48.8 Å². The Balaban J connectivity index is 1.37. The Kier molecular flexibility index (Phi) is 5.53. The SMILES string of the molecule is CC12CCC3C(CCC4CCCCC43C)C1CC/C2=N/N=C\c1ccccc1C(F)(F)F. The van der Waals surface area contributed by atoms with Crippen molar-refractivity contribution in [3.8, 4) is 0 Å². The number of halogens is 3. The van der Waals surface area contributed by atoms with Crippen molar-refractivity contribution in [2.45, 2.75) is 84.2 Å². The van der Waals surface area contributed by atoms with Gasteiger partial charge in [-0.1, -0.05) is 44.9 Å². The zero-order chi connectivity index (χ0) is 22.6. The number of fused-ring (bicyclic) bond motifs is 5. The van der Waals surface area contributed by atoms with E-state index >= 15 is 0 Å². The van der Waals surface area contributed by atoms with Gasteiger partial charge in [0.15, 0.2) is 0 Å². The summed E-state index contributed by atoms with van der Waals surface area (Å²) in [6, 6.07) is 5.58. The van der Waals surface area contributed by atoms with Crippen LogP contribution in [0.3, 0.4) is 0 Å². The van der Waals surface area contributed by atoms with Crippen LogP contribution in [-0.4, -0.2) is 11.9 Å². The van der Waals surface area contributed by atoms with Crippen molar-refractivity contribution in [3.63, 3.8) is 0 Å². The van der Waals surface area contributed by atoms with Gasteiger partial charge in [-0.25, -0.2) is 0 Å². The van der Waals surface area contributed by atoms with E-state index in [1.807, 2.05) is 0 Å². The van der Waals surface area contributed by atoms with Crippen molar-refractivity contribution >= 4 is 11.9 Å². The molecule has 0 heterocycles. The summed E-state index contributed by atoms with van der Waals surface area (Å²) in [6.07, 6.45) is 9.75. The second kappa shape index (κ2) is 7.99. The molecule has 174 valence electrons. The average molecular weight is 445 g/mol.